The number of fused-ring (bicyclic) bond motifs is 11. The van der Waals surface area contributed by atoms with Crippen molar-refractivity contribution < 1.29 is 18.1 Å². The number of amidine groups is 3. The second-order valence-corrected chi connectivity index (χ2v) is 21.2. The zero-order valence-electron chi connectivity index (χ0n) is 39.7. The van der Waals surface area contributed by atoms with Gasteiger partial charge in [-0.05, 0) is 129 Å². The Hall–Kier alpha value is -4.65. The summed E-state index contributed by atoms with van der Waals surface area (Å²) in [4.78, 5) is 7.77. The fourth-order valence-corrected chi connectivity index (χ4v) is 12.8. The van der Waals surface area contributed by atoms with E-state index in [1.165, 1.54) is 67.6 Å². The Bertz CT molecular complexity index is 2540. The minimum absolute atomic E-state index is 0.0276. The van der Waals surface area contributed by atoms with Crippen molar-refractivity contribution in [1.82, 2.24) is 14.7 Å². The molecular formula is C53H71N6O+3. The van der Waals surface area contributed by atoms with Gasteiger partial charge in [0.05, 0.1) is 45.0 Å². The highest BCUT2D eigenvalue weighted by Crippen LogP contribution is 2.53. The molecule has 60 heavy (non-hydrogen) atoms. The predicted octanol–water partition coefficient (Wildman–Crippen LogP) is 9.34. The topological polar surface area (TPSA) is 31.9 Å². The van der Waals surface area contributed by atoms with Crippen LogP contribution in [0.3, 0.4) is 0 Å². The van der Waals surface area contributed by atoms with Gasteiger partial charge in [0.1, 0.15) is 52.9 Å². The summed E-state index contributed by atoms with van der Waals surface area (Å²) in [6, 6.07) is 28.2. The van der Waals surface area contributed by atoms with Crippen LogP contribution in [-0.2, 0) is 28.5 Å². The van der Waals surface area contributed by atoms with Gasteiger partial charge in [0, 0.05) is 16.5 Å². The van der Waals surface area contributed by atoms with E-state index < -0.39 is 0 Å². The largest absolute Gasteiger partial charge is 0.456 e. The lowest BCUT2D eigenvalue weighted by Crippen LogP contribution is -2.52. The second kappa shape index (κ2) is 13.2. The second-order valence-electron chi connectivity index (χ2n) is 21.2. The van der Waals surface area contributed by atoms with E-state index in [1.807, 2.05) is 0 Å². The molecule has 6 unspecified atom stereocenters. The van der Waals surface area contributed by atoms with Crippen LogP contribution in [0, 0.1) is 0 Å². The van der Waals surface area contributed by atoms with E-state index in [0.29, 0.717) is 36.3 Å². The van der Waals surface area contributed by atoms with Crippen LogP contribution in [0.4, 0.5) is 0 Å². The minimum Gasteiger partial charge on any atom is -0.456 e. The monoisotopic (exact) mass is 808 g/mol. The Morgan fingerprint density at radius 3 is 1.67 bits per heavy atom. The van der Waals surface area contributed by atoms with Gasteiger partial charge >= 0.3 is 5.84 Å². The van der Waals surface area contributed by atoms with Crippen molar-refractivity contribution in [3.63, 3.8) is 0 Å². The van der Waals surface area contributed by atoms with Crippen LogP contribution >= 0.6 is 0 Å². The first kappa shape index (κ1) is 40.7. The van der Waals surface area contributed by atoms with Crippen molar-refractivity contribution in [3.8, 4) is 11.1 Å². The number of benzene rings is 3. The SMILES string of the molecule is CC1C(C)[N+](C)=C2Cc3ccccc3C(C)(C)N21.CC1C(C)[N+](C)=C2c3cc4c(cc3C(C)(C)N21)-c1ccccc1C4(C)C.CC1C(C)[N+](C)=C2c3occc3C(C)(C)N21. The number of hydrogen-bond acceptors (Lipinski definition) is 4. The van der Waals surface area contributed by atoms with Crippen molar-refractivity contribution in [2.75, 3.05) is 21.1 Å². The maximum atomic E-state index is 5.67. The summed E-state index contributed by atoms with van der Waals surface area (Å²) in [7, 11) is 6.65. The molecule has 0 spiro atoms. The number of rotatable bonds is 0. The van der Waals surface area contributed by atoms with E-state index in [9.17, 15) is 0 Å². The van der Waals surface area contributed by atoms with Crippen LogP contribution in [-0.4, -0.2) is 103 Å². The zero-order chi connectivity index (χ0) is 43.3. The summed E-state index contributed by atoms with van der Waals surface area (Å²) in [6.07, 6.45) is 2.88. The van der Waals surface area contributed by atoms with Crippen LogP contribution in [0.5, 0.6) is 0 Å². The average molecular weight is 808 g/mol. The fraction of sp³-hybridized carbons (Fsp3) is 0.528. The van der Waals surface area contributed by atoms with Crippen molar-refractivity contribution in [2.45, 2.75) is 162 Å². The molecule has 316 valence electrons. The fourth-order valence-electron chi connectivity index (χ4n) is 12.8. The standard InChI is InChI=1S/C24H29N2.C16H23N2.C13H19N2O/c1-14-15(2)26-22(25(14)7)18-13-20-17(12-21(18)24(26,5)6)16-10-8-9-11-19(16)23(20,3)4;1-11-12(2)18-15(17(11)5)10-13-8-6-7-9-14(13)16(18,3)4;1-8-9(2)15-12(14(8)5)11-10(6-7-16-11)13(15,3)4/h8-15H,1-7H3;6-9,11-12H,10H2,1-5H3;6-9H,1-5H3/q3*+1. The third kappa shape index (κ3) is 5.22. The van der Waals surface area contributed by atoms with Gasteiger partial charge in [0.25, 0.3) is 11.7 Å². The molecule has 1 aliphatic carbocycles. The summed E-state index contributed by atoms with van der Waals surface area (Å²) in [5, 5.41) is 0. The summed E-state index contributed by atoms with van der Waals surface area (Å²) in [5.74, 6) is 5.21. The molecule has 0 saturated heterocycles. The van der Waals surface area contributed by atoms with Crippen LogP contribution in [0.25, 0.3) is 11.1 Å². The van der Waals surface area contributed by atoms with Crippen molar-refractivity contribution in [3.05, 3.63) is 118 Å². The highest BCUT2D eigenvalue weighted by molar-refractivity contribution is 6.03. The van der Waals surface area contributed by atoms with Crippen LogP contribution in [0.2, 0.25) is 0 Å². The smallest absolute Gasteiger partial charge is 0.317 e. The molecule has 6 aliphatic heterocycles. The highest BCUT2D eigenvalue weighted by atomic mass is 16.3. The van der Waals surface area contributed by atoms with E-state index in [4.69, 9.17) is 4.42 Å². The molecule has 11 rings (SSSR count). The van der Waals surface area contributed by atoms with Gasteiger partial charge in [-0.3, -0.25) is 13.7 Å². The first-order valence-electron chi connectivity index (χ1n) is 22.7. The molecule has 7 heteroatoms. The minimum atomic E-state index is 0.0276. The Kier molecular flexibility index (Phi) is 8.95. The lowest BCUT2D eigenvalue weighted by Gasteiger charge is -2.39. The molecular weight excluding hydrogens is 737 g/mol. The normalized spacial score (nSPS) is 28.6. The third-order valence-corrected chi connectivity index (χ3v) is 16.9. The lowest BCUT2D eigenvalue weighted by molar-refractivity contribution is -0.527. The molecule has 0 N–H and O–H groups in total. The molecule has 3 aromatic carbocycles. The lowest BCUT2D eigenvalue weighted by atomic mass is 9.80. The maximum absolute atomic E-state index is 5.67. The van der Waals surface area contributed by atoms with Gasteiger partial charge < -0.3 is 4.42 Å². The first-order chi connectivity index (χ1) is 28.1. The Morgan fingerprint density at radius 1 is 0.500 bits per heavy atom. The zero-order valence-corrected chi connectivity index (χ0v) is 39.7. The van der Waals surface area contributed by atoms with Crippen LogP contribution in [0.15, 0.2) is 77.4 Å². The van der Waals surface area contributed by atoms with E-state index in [0.717, 1.165) is 12.2 Å². The number of furan rings is 1. The van der Waals surface area contributed by atoms with Crippen molar-refractivity contribution in [2.24, 2.45) is 0 Å². The van der Waals surface area contributed by atoms with Gasteiger partial charge in [-0.2, -0.15) is 0 Å². The van der Waals surface area contributed by atoms with Gasteiger partial charge in [0.15, 0.2) is 0 Å². The van der Waals surface area contributed by atoms with Crippen LogP contribution in [0.1, 0.15) is 142 Å². The average Bonchev–Trinajstić information content (AvgIpc) is 4.03. The van der Waals surface area contributed by atoms with E-state index in [2.05, 4.69) is 213 Å². The molecule has 0 amide bonds. The number of likely N-dealkylation sites (N-methyl/N-ethyl adjacent to an activating group) is 3. The molecule has 0 fully saturated rings. The van der Waals surface area contributed by atoms with Gasteiger partial charge in [-0.1, -0.05) is 62.4 Å². The Balaban J connectivity index is 0.000000120. The van der Waals surface area contributed by atoms with E-state index in [1.54, 1.807) is 6.26 Å². The quantitative estimate of drug-likeness (QED) is 0.166. The van der Waals surface area contributed by atoms with Gasteiger partial charge in [-0.25, -0.2) is 14.7 Å². The maximum Gasteiger partial charge on any atom is 0.317 e. The van der Waals surface area contributed by atoms with Gasteiger partial charge in [-0.15, -0.1) is 0 Å². The number of hydrogen-bond donors (Lipinski definition) is 0. The molecule has 0 radical (unpaired) electrons. The Labute approximate surface area is 360 Å². The summed E-state index contributed by atoms with van der Waals surface area (Å²) >= 11 is 0. The molecule has 0 saturated carbocycles. The Morgan fingerprint density at radius 2 is 1.00 bits per heavy atom. The van der Waals surface area contributed by atoms with E-state index in [-0.39, 0.29) is 22.0 Å². The molecule has 0 bridgehead atoms. The molecule has 1 aromatic heterocycles. The summed E-state index contributed by atoms with van der Waals surface area (Å²) in [5.41, 5.74) is 13.2. The van der Waals surface area contributed by atoms with Crippen molar-refractivity contribution in [1.29, 1.82) is 0 Å². The molecule has 6 atom stereocenters. The van der Waals surface area contributed by atoms with Crippen molar-refractivity contribution >= 4 is 17.5 Å². The summed E-state index contributed by atoms with van der Waals surface area (Å²) < 4.78 is 13.0. The molecule has 4 aromatic rings. The van der Waals surface area contributed by atoms with E-state index >= 15 is 0 Å². The third-order valence-electron chi connectivity index (χ3n) is 16.9. The number of nitrogens with zero attached hydrogens (tertiary/aromatic N) is 6. The molecule has 7 aliphatic rings. The highest BCUT2D eigenvalue weighted by Gasteiger charge is 2.60. The molecule has 7 nitrogen and oxygen atoms in total. The molecule has 7 heterocycles. The summed E-state index contributed by atoms with van der Waals surface area (Å²) in [6.45, 7) is 32.7. The van der Waals surface area contributed by atoms with Crippen LogP contribution < -0.4 is 0 Å². The van der Waals surface area contributed by atoms with Gasteiger partial charge in [0.2, 0.25) is 5.76 Å². The first-order valence-corrected chi connectivity index (χ1v) is 22.7. The predicted molar refractivity (Wildman–Crippen MR) is 246 cm³/mol.